The summed E-state index contributed by atoms with van der Waals surface area (Å²) in [6, 6.07) is 6.64. The smallest absolute Gasteiger partial charge is 0.336 e. The number of carbonyl (C=O) groups is 1. The first-order valence-electron chi connectivity index (χ1n) is 5.28. The zero-order valence-electron chi connectivity index (χ0n) is 8.85. The van der Waals surface area contributed by atoms with Crippen LogP contribution in [0.2, 0.25) is 0 Å². The Kier molecular flexibility index (Phi) is 2.83. The van der Waals surface area contributed by atoms with Crippen LogP contribution in [0.1, 0.15) is 18.4 Å². The van der Waals surface area contributed by atoms with Crippen molar-refractivity contribution in [2.75, 3.05) is 6.61 Å². The average Bonchev–Trinajstić information content (AvgIpc) is 2.67. The topological polar surface area (TPSA) is 66.8 Å². The second-order valence-electron chi connectivity index (χ2n) is 4.10. The molecule has 86 valence electrons. The van der Waals surface area contributed by atoms with E-state index in [0.29, 0.717) is 19.4 Å². The highest BCUT2D eigenvalue weighted by Gasteiger charge is 2.42. The van der Waals surface area contributed by atoms with Gasteiger partial charge in [-0.3, -0.25) is 0 Å². The predicted molar refractivity (Wildman–Crippen MR) is 57.4 cm³/mol. The van der Waals surface area contributed by atoms with Crippen molar-refractivity contribution in [2.45, 2.75) is 24.9 Å². The van der Waals surface area contributed by atoms with Gasteiger partial charge < -0.3 is 14.9 Å². The lowest BCUT2D eigenvalue weighted by Crippen LogP contribution is -2.40. The fraction of sp³-hybridized carbons (Fsp3) is 0.417. The fourth-order valence-corrected chi connectivity index (χ4v) is 2.08. The van der Waals surface area contributed by atoms with Gasteiger partial charge in [-0.2, -0.15) is 0 Å². The minimum absolute atomic E-state index is 0.149. The molecule has 1 aromatic carbocycles. The molecule has 0 aromatic heterocycles. The van der Waals surface area contributed by atoms with Crippen LogP contribution in [0, 0.1) is 0 Å². The Hall–Kier alpha value is -1.55. The van der Waals surface area contributed by atoms with Gasteiger partial charge in [-0.05, 0) is 30.5 Å². The molecule has 1 fully saturated rings. The highest BCUT2D eigenvalue weighted by atomic mass is 16.5. The average molecular weight is 222 g/mol. The summed E-state index contributed by atoms with van der Waals surface area (Å²) in [5.41, 5.74) is -0.322. The third-order valence-corrected chi connectivity index (χ3v) is 2.89. The van der Waals surface area contributed by atoms with Crippen LogP contribution in [0.5, 0.6) is 5.75 Å². The van der Waals surface area contributed by atoms with E-state index in [1.54, 1.807) is 24.3 Å². The summed E-state index contributed by atoms with van der Waals surface area (Å²) in [5.74, 6) is -0.774. The number of benzene rings is 1. The molecule has 0 saturated carbocycles. The highest BCUT2D eigenvalue weighted by Crippen LogP contribution is 2.30. The van der Waals surface area contributed by atoms with Crippen molar-refractivity contribution in [1.82, 2.24) is 0 Å². The van der Waals surface area contributed by atoms with E-state index in [1.165, 1.54) is 0 Å². The number of aliphatic carboxylic acids is 1. The van der Waals surface area contributed by atoms with Gasteiger partial charge in [0.25, 0.3) is 0 Å². The Labute approximate surface area is 93.5 Å². The zero-order valence-corrected chi connectivity index (χ0v) is 8.85. The van der Waals surface area contributed by atoms with Crippen molar-refractivity contribution >= 4 is 5.97 Å². The van der Waals surface area contributed by atoms with E-state index in [2.05, 4.69) is 0 Å². The Bertz CT molecular complexity index is 394. The Balaban J connectivity index is 2.21. The summed E-state index contributed by atoms with van der Waals surface area (Å²) in [6.07, 6.45) is 1.60. The molecular weight excluding hydrogens is 208 g/mol. The van der Waals surface area contributed by atoms with Crippen molar-refractivity contribution in [3.05, 3.63) is 29.8 Å². The fourth-order valence-electron chi connectivity index (χ4n) is 2.08. The molecule has 2 N–H and O–H groups in total. The van der Waals surface area contributed by atoms with Crippen LogP contribution in [-0.4, -0.2) is 28.4 Å². The van der Waals surface area contributed by atoms with Gasteiger partial charge in [0.1, 0.15) is 5.75 Å². The monoisotopic (exact) mass is 222 g/mol. The Morgan fingerprint density at radius 2 is 2.31 bits per heavy atom. The van der Waals surface area contributed by atoms with Gasteiger partial charge in [0.05, 0.1) is 0 Å². The van der Waals surface area contributed by atoms with Crippen LogP contribution in [0.3, 0.4) is 0 Å². The molecule has 1 aromatic rings. The lowest BCUT2D eigenvalue weighted by atomic mass is 9.91. The number of phenolic OH excluding ortho intramolecular Hbond substituents is 1. The van der Waals surface area contributed by atoms with E-state index in [4.69, 9.17) is 4.74 Å². The van der Waals surface area contributed by atoms with Gasteiger partial charge in [0.15, 0.2) is 5.60 Å². The van der Waals surface area contributed by atoms with E-state index in [1.807, 2.05) is 0 Å². The summed E-state index contributed by atoms with van der Waals surface area (Å²) >= 11 is 0. The van der Waals surface area contributed by atoms with Crippen LogP contribution < -0.4 is 0 Å². The maximum absolute atomic E-state index is 11.2. The summed E-state index contributed by atoms with van der Waals surface area (Å²) in [4.78, 5) is 11.2. The molecule has 0 amide bonds. The first kappa shape index (κ1) is 11.0. The zero-order chi connectivity index (χ0) is 11.6. The van der Waals surface area contributed by atoms with Crippen molar-refractivity contribution in [1.29, 1.82) is 0 Å². The molecule has 0 spiro atoms. The second kappa shape index (κ2) is 4.14. The van der Waals surface area contributed by atoms with Crippen LogP contribution in [0.25, 0.3) is 0 Å². The molecule has 16 heavy (non-hydrogen) atoms. The summed E-state index contributed by atoms with van der Waals surface area (Å²) < 4.78 is 5.36. The number of carboxylic acids is 1. The molecule has 0 bridgehead atoms. The molecule has 4 nitrogen and oxygen atoms in total. The lowest BCUT2D eigenvalue weighted by molar-refractivity contribution is -0.159. The quantitative estimate of drug-likeness (QED) is 0.814. The maximum Gasteiger partial charge on any atom is 0.336 e. The van der Waals surface area contributed by atoms with Crippen molar-refractivity contribution < 1.29 is 19.7 Å². The first-order chi connectivity index (χ1) is 7.62. The van der Waals surface area contributed by atoms with Gasteiger partial charge >= 0.3 is 5.97 Å². The second-order valence-corrected chi connectivity index (χ2v) is 4.10. The lowest BCUT2D eigenvalue weighted by Gasteiger charge is -2.23. The van der Waals surface area contributed by atoms with E-state index in [0.717, 1.165) is 12.0 Å². The van der Waals surface area contributed by atoms with E-state index < -0.39 is 11.6 Å². The Morgan fingerprint density at radius 1 is 1.50 bits per heavy atom. The number of aromatic hydroxyl groups is 1. The van der Waals surface area contributed by atoms with E-state index >= 15 is 0 Å². The Morgan fingerprint density at radius 3 is 2.88 bits per heavy atom. The molecule has 1 aliphatic rings. The predicted octanol–water partition coefficient (Wildman–Crippen LogP) is 1.57. The SMILES string of the molecule is O=C(O)C1(Cc2cccc(O)c2)CCCO1. The number of ether oxygens (including phenoxy) is 1. The van der Waals surface area contributed by atoms with E-state index in [9.17, 15) is 15.0 Å². The number of phenols is 1. The van der Waals surface area contributed by atoms with Crippen LogP contribution in [0.4, 0.5) is 0 Å². The molecule has 4 heteroatoms. The van der Waals surface area contributed by atoms with E-state index in [-0.39, 0.29) is 5.75 Å². The van der Waals surface area contributed by atoms with Gasteiger partial charge in [-0.1, -0.05) is 12.1 Å². The van der Waals surface area contributed by atoms with Crippen LogP contribution in [-0.2, 0) is 16.0 Å². The normalized spacial score (nSPS) is 24.5. The molecule has 0 radical (unpaired) electrons. The molecule has 1 unspecified atom stereocenters. The summed E-state index contributed by atoms with van der Waals surface area (Å²) in [5, 5.41) is 18.5. The van der Waals surface area contributed by atoms with Crippen molar-refractivity contribution in [3.63, 3.8) is 0 Å². The maximum atomic E-state index is 11.2. The first-order valence-corrected chi connectivity index (χ1v) is 5.28. The summed E-state index contributed by atoms with van der Waals surface area (Å²) in [6.45, 7) is 0.491. The number of hydrogen-bond donors (Lipinski definition) is 2. The minimum Gasteiger partial charge on any atom is -0.508 e. The van der Waals surface area contributed by atoms with Crippen molar-refractivity contribution in [3.8, 4) is 5.75 Å². The van der Waals surface area contributed by atoms with Crippen LogP contribution in [0.15, 0.2) is 24.3 Å². The van der Waals surface area contributed by atoms with Crippen molar-refractivity contribution in [2.24, 2.45) is 0 Å². The number of carboxylic acid groups (broad SMARTS) is 1. The molecule has 0 aliphatic carbocycles. The van der Waals surface area contributed by atoms with Gasteiger partial charge in [0, 0.05) is 13.0 Å². The standard InChI is InChI=1S/C12H14O4/c13-10-4-1-3-9(7-10)8-12(11(14)15)5-2-6-16-12/h1,3-4,7,13H,2,5-6,8H2,(H,14,15). The largest absolute Gasteiger partial charge is 0.508 e. The third kappa shape index (κ3) is 2.02. The summed E-state index contributed by atoms with van der Waals surface area (Å²) in [7, 11) is 0. The molecule has 1 atom stereocenters. The number of rotatable bonds is 3. The van der Waals surface area contributed by atoms with Gasteiger partial charge in [-0.25, -0.2) is 4.79 Å². The highest BCUT2D eigenvalue weighted by molar-refractivity contribution is 5.78. The van der Waals surface area contributed by atoms with Crippen LogP contribution >= 0.6 is 0 Å². The number of hydrogen-bond acceptors (Lipinski definition) is 3. The van der Waals surface area contributed by atoms with Gasteiger partial charge in [-0.15, -0.1) is 0 Å². The molecular formula is C12H14O4. The molecule has 1 saturated heterocycles. The molecule has 1 heterocycles. The minimum atomic E-state index is -1.10. The molecule has 1 aliphatic heterocycles. The molecule has 2 rings (SSSR count). The van der Waals surface area contributed by atoms with Gasteiger partial charge in [0.2, 0.25) is 0 Å². The third-order valence-electron chi connectivity index (χ3n) is 2.89.